The molecule has 1 N–H and O–H groups in total. The molecule has 6 nitrogen and oxygen atoms in total. The van der Waals surface area contributed by atoms with E-state index in [-0.39, 0.29) is 28.9 Å². The second-order valence-electron chi connectivity index (χ2n) is 4.75. The van der Waals surface area contributed by atoms with Crippen molar-refractivity contribution in [1.29, 1.82) is 0 Å². The highest BCUT2D eigenvalue weighted by Crippen LogP contribution is 2.32. The summed E-state index contributed by atoms with van der Waals surface area (Å²) < 4.78 is 13.5. The topological polar surface area (TPSA) is 83.6 Å². The van der Waals surface area contributed by atoms with Gasteiger partial charge in [0, 0.05) is 6.42 Å². The normalized spacial score (nSPS) is 21.6. The molecule has 0 spiro atoms. The van der Waals surface area contributed by atoms with Crippen LogP contribution in [-0.2, 0) is 9.59 Å². The van der Waals surface area contributed by atoms with E-state index in [4.69, 9.17) is 12.6 Å². The molecular formula is C13H8FN2O4S. The number of amides is 4. The van der Waals surface area contributed by atoms with E-state index in [2.05, 4.69) is 5.32 Å². The maximum atomic E-state index is 13.5. The largest absolute Gasteiger partial charge is 0.295 e. The lowest BCUT2D eigenvalue weighted by atomic mass is 10.0. The number of imide groups is 2. The summed E-state index contributed by atoms with van der Waals surface area (Å²) in [5, 5.41) is 2.08. The molecule has 2 aliphatic heterocycles. The van der Waals surface area contributed by atoms with Gasteiger partial charge in [-0.05, 0) is 18.6 Å². The van der Waals surface area contributed by atoms with Gasteiger partial charge in [0.25, 0.3) is 11.8 Å². The monoisotopic (exact) mass is 307 g/mol. The van der Waals surface area contributed by atoms with Crippen LogP contribution in [0.1, 0.15) is 33.6 Å². The molecule has 3 rings (SSSR count). The van der Waals surface area contributed by atoms with E-state index in [0.717, 1.165) is 11.0 Å². The number of fused-ring (bicyclic) bond motifs is 1. The first-order valence-corrected chi connectivity index (χ1v) is 6.53. The van der Waals surface area contributed by atoms with E-state index >= 15 is 0 Å². The molecule has 0 aromatic heterocycles. The van der Waals surface area contributed by atoms with Gasteiger partial charge < -0.3 is 0 Å². The van der Waals surface area contributed by atoms with Crippen molar-refractivity contribution in [2.75, 3.05) is 0 Å². The fourth-order valence-corrected chi connectivity index (χ4v) is 2.77. The van der Waals surface area contributed by atoms with Crippen LogP contribution in [0.25, 0.3) is 0 Å². The highest BCUT2D eigenvalue weighted by Gasteiger charge is 2.45. The summed E-state index contributed by atoms with van der Waals surface area (Å²) in [6.07, 6.45) is 0.0737. The Labute approximate surface area is 123 Å². The van der Waals surface area contributed by atoms with Gasteiger partial charge in [0.2, 0.25) is 11.8 Å². The zero-order valence-corrected chi connectivity index (χ0v) is 11.3. The highest BCUT2D eigenvalue weighted by molar-refractivity contribution is 7.80. The average Bonchev–Trinajstić information content (AvgIpc) is 2.67. The molecule has 21 heavy (non-hydrogen) atoms. The van der Waals surface area contributed by atoms with Crippen LogP contribution in [0.3, 0.4) is 0 Å². The van der Waals surface area contributed by atoms with Crippen molar-refractivity contribution < 1.29 is 23.6 Å². The summed E-state index contributed by atoms with van der Waals surface area (Å²) in [5.74, 6) is -3.44. The van der Waals surface area contributed by atoms with Crippen molar-refractivity contribution in [3.05, 3.63) is 29.1 Å². The Balaban J connectivity index is 2.02. The van der Waals surface area contributed by atoms with Crippen molar-refractivity contribution in [2.45, 2.75) is 23.8 Å². The van der Waals surface area contributed by atoms with Crippen molar-refractivity contribution in [1.82, 2.24) is 10.2 Å². The Hall–Kier alpha value is -2.35. The number of piperidine rings is 1. The summed E-state index contributed by atoms with van der Waals surface area (Å²) in [6.45, 7) is 0. The van der Waals surface area contributed by atoms with Gasteiger partial charge in [-0.3, -0.25) is 29.4 Å². The molecule has 0 aliphatic carbocycles. The Morgan fingerprint density at radius 1 is 1.19 bits per heavy atom. The molecule has 0 saturated carbocycles. The number of hydrogen-bond acceptors (Lipinski definition) is 4. The SMILES string of the molecule is O=C1CCC(N2C(=O)c3ccc(F)c([S])c3C2=O)C(=O)N1. The molecule has 107 valence electrons. The van der Waals surface area contributed by atoms with Gasteiger partial charge in [0.05, 0.1) is 16.0 Å². The molecular weight excluding hydrogens is 299 g/mol. The molecule has 1 aromatic carbocycles. The Bertz CT molecular complexity index is 718. The smallest absolute Gasteiger partial charge is 0.263 e. The van der Waals surface area contributed by atoms with Crippen LogP contribution in [0.5, 0.6) is 0 Å². The van der Waals surface area contributed by atoms with Crippen LogP contribution in [0.4, 0.5) is 4.39 Å². The predicted molar refractivity (Wildman–Crippen MR) is 68.9 cm³/mol. The third-order valence-corrected chi connectivity index (χ3v) is 3.91. The number of nitrogens with zero attached hydrogens (tertiary/aromatic N) is 1. The second kappa shape index (κ2) is 4.59. The highest BCUT2D eigenvalue weighted by atomic mass is 32.1. The number of carbonyl (C=O) groups is 4. The summed E-state index contributed by atoms with van der Waals surface area (Å²) in [5.41, 5.74) is -0.212. The van der Waals surface area contributed by atoms with Crippen molar-refractivity contribution in [2.24, 2.45) is 0 Å². The zero-order valence-electron chi connectivity index (χ0n) is 10.5. The minimum Gasteiger partial charge on any atom is -0.295 e. The van der Waals surface area contributed by atoms with Gasteiger partial charge in [-0.25, -0.2) is 4.39 Å². The third kappa shape index (κ3) is 1.90. The van der Waals surface area contributed by atoms with Crippen molar-refractivity contribution >= 4 is 36.3 Å². The molecule has 1 fully saturated rings. The van der Waals surface area contributed by atoms with E-state index in [1.54, 1.807) is 0 Å². The van der Waals surface area contributed by atoms with E-state index in [1.165, 1.54) is 6.07 Å². The number of nitrogens with one attached hydrogen (secondary N) is 1. The van der Waals surface area contributed by atoms with Crippen LogP contribution in [0.2, 0.25) is 0 Å². The van der Waals surface area contributed by atoms with Crippen molar-refractivity contribution in [3.8, 4) is 0 Å². The van der Waals surface area contributed by atoms with Crippen LogP contribution >= 0.6 is 12.6 Å². The van der Waals surface area contributed by atoms with Gasteiger partial charge in [-0.2, -0.15) is 0 Å². The number of rotatable bonds is 1. The van der Waals surface area contributed by atoms with E-state index in [0.29, 0.717) is 0 Å². The maximum absolute atomic E-state index is 13.5. The molecule has 1 atom stereocenters. The minimum atomic E-state index is -1.08. The molecule has 1 unspecified atom stereocenters. The maximum Gasteiger partial charge on any atom is 0.263 e. The van der Waals surface area contributed by atoms with E-state index < -0.39 is 35.5 Å². The first-order valence-electron chi connectivity index (χ1n) is 6.13. The summed E-state index contributed by atoms with van der Waals surface area (Å²) in [4.78, 5) is 47.9. The number of carbonyl (C=O) groups excluding carboxylic acids is 4. The first-order chi connectivity index (χ1) is 9.91. The van der Waals surface area contributed by atoms with Gasteiger partial charge in [0.1, 0.15) is 11.9 Å². The molecule has 1 saturated heterocycles. The summed E-state index contributed by atoms with van der Waals surface area (Å²) >= 11 is 4.82. The number of halogens is 1. The standard InChI is InChI=1S/C13H8FN2O4S/c14-6-2-1-5-9(10(6)21)13(20)16(12(5)19)7-3-4-8(17)15-11(7)18/h1-2,7H,3-4H2,(H,15,17,18). The first kappa shape index (κ1) is 13.6. The minimum absolute atomic E-state index is 0.0175. The Morgan fingerprint density at radius 3 is 2.57 bits per heavy atom. The van der Waals surface area contributed by atoms with Gasteiger partial charge in [-0.1, -0.05) is 12.6 Å². The van der Waals surface area contributed by atoms with Gasteiger partial charge in [-0.15, -0.1) is 0 Å². The zero-order chi connectivity index (χ0) is 15.3. The number of hydrogen-bond donors (Lipinski definition) is 1. The number of benzene rings is 1. The average molecular weight is 307 g/mol. The lowest BCUT2D eigenvalue weighted by molar-refractivity contribution is -0.136. The lowest BCUT2D eigenvalue weighted by Gasteiger charge is -2.27. The third-order valence-electron chi connectivity index (χ3n) is 3.51. The predicted octanol–water partition coefficient (Wildman–Crippen LogP) is 0.783. The molecule has 4 amide bonds. The van der Waals surface area contributed by atoms with Crippen molar-refractivity contribution in [3.63, 3.8) is 0 Å². The molecule has 2 aliphatic rings. The molecule has 0 bridgehead atoms. The van der Waals surface area contributed by atoms with Gasteiger partial charge in [0.15, 0.2) is 0 Å². The fraction of sp³-hybridized carbons (Fsp3) is 0.231. The summed E-state index contributed by atoms with van der Waals surface area (Å²) in [7, 11) is 0. The van der Waals surface area contributed by atoms with Crippen LogP contribution in [-0.4, -0.2) is 34.6 Å². The Morgan fingerprint density at radius 2 is 1.90 bits per heavy atom. The second-order valence-corrected chi connectivity index (χ2v) is 5.15. The van der Waals surface area contributed by atoms with E-state index in [1.807, 2.05) is 0 Å². The van der Waals surface area contributed by atoms with Gasteiger partial charge >= 0.3 is 0 Å². The molecule has 8 heteroatoms. The molecule has 2 heterocycles. The van der Waals surface area contributed by atoms with E-state index in [9.17, 15) is 23.6 Å². The molecule has 1 aromatic rings. The van der Waals surface area contributed by atoms with Crippen LogP contribution in [0, 0.1) is 5.82 Å². The summed E-state index contributed by atoms with van der Waals surface area (Å²) in [6, 6.07) is 1.11. The molecule has 1 radical (unpaired) electrons. The Kier molecular flexibility index (Phi) is 2.98. The van der Waals surface area contributed by atoms with Crippen LogP contribution in [0.15, 0.2) is 17.0 Å². The van der Waals surface area contributed by atoms with Crippen LogP contribution < -0.4 is 5.32 Å². The quantitative estimate of drug-likeness (QED) is 0.777. The lowest BCUT2D eigenvalue weighted by Crippen LogP contribution is -2.54. The fourth-order valence-electron chi connectivity index (χ4n) is 2.50.